The highest BCUT2D eigenvalue weighted by Crippen LogP contribution is 2.25. The van der Waals surface area contributed by atoms with Gasteiger partial charge < -0.3 is 9.64 Å². The van der Waals surface area contributed by atoms with Gasteiger partial charge in [-0.1, -0.05) is 13.8 Å². The first-order valence-electron chi connectivity index (χ1n) is 6.77. The minimum absolute atomic E-state index is 0.184. The van der Waals surface area contributed by atoms with E-state index in [1.54, 1.807) is 4.90 Å². The Hall–Kier alpha value is -1.37. The van der Waals surface area contributed by atoms with Gasteiger partial charge in [0.1, 0.15) is 18.1 Å². The van der Waals surface area contributed by atoms with Crippen molar-refractivity contribution in [2.24, 2.45) is 0 Å². The van der Waals surface area contributed by atoms with Crippen LogP contribution in [-0.4, -0.2) is 52.4 Å². The van der Waals surface area contributed by atoms with Crippen LogP contribution in [0, 0.1) is 0 Å². The molecular weight excluding hydrogens is 298 g/mol. The standard InChI is InChI=1S/C14H18F2N2O2S/c1-9-6-18(7-10(2)21-9)14(19)12-5-11(3-4-17-12)20-8-13(15)16/h3-5,9-10,13H,6-8H2,1-2H3. The highest BCUT2D eigenvalue weighted by molar-refractivity contribution is 8.00. The number of nitrogens with zero attached hydrogens (tertiary/aromatic N) is 2. The van der Waals surface area contributed by atoms with Crippen LogP contribution in [0.1, 0.15) is 24.3 Å². The molecule has 0 aliphatic carbocycles. The summed E-state index contributed by atoms with van der Waals surface area (Å²) in [5, 5.41) is 0.743. The Morgan fingerprint density at radius 1 is 1.48 bits per heavy atom. The molecule has 1 amide bonds. The number of carbonyl (C=O) groups is 1. The molecular formula is C14H18F2N2O2S. The lowest BCUT2D eigenvalue weighted by Gasteiger charge is -2.34. The molecule has 1 aliphatic rings. The molecule has 21 heavy (non-hydrogen) atoms. The molecule has 7 heteroatoms. The van der Waals surface area contributed by atoms with Crippen molar-refractivity contribution >= 4 is 17.7 Å². The molecule has 0 saturated carbocycles. The highest BCUT2D eigenvalue weighted by Gasteiger charge is 2.27. The van der Waals surface area contributed by atoms with Crippen LogP contribution in [0.3, 0.4) is 0 Å². The van der Waals surface area contributed by atoms with Gasteiger partial charge in [0, 0.05) is 35.9 Å². The van der Waals surface area contributed by atoms with Gasteiger partial charge in [0.25, 0.3) is 12.3 Å². The number of amides is 1. The third-order valence-electron chi connectivity index (χ3n) is 3.03. The van der Waals surface area contributed by atoms with Crippen LogP contribution in [0.15, 0.2) is 18.3 Å². The molecule has 0 N–H and O–H groups in total. The maximum absolute atomic E-state index is 12.4. The lowest BCUT2D eigenvalue weighted by Crippen LogP contribution is -2.44. The van der Waals surface area contributed by atoms with Crippen molar-refractivity contribution in [1.29, 1.82) is 0 Å². The van der Waals surface area contributed by atoms with Gasteiger partial charge in [-0.05, 0) is 6.07 Å². The predicted octanol–water partition coefficient (Wildman–Crippen LogP) is 2.69. The Balaban J connectivity index is 2.06. The maximum atomic E-state index is 12.4. The molecule has 2 unspecified atom stereocenters. The first kappa shape index (κ1) is 16.0. The maximum Gasteiger partial charge on any atom is 0.272 e. The Bertz CT molecular complexity index is 492. The smallest absolute Gasteiger partial charge is 0.272 e. The van der Waals surface area contributed by atoms with E-state index in [9.17, 15) is 13.6 Å². The second-order valence-electron chi connectivity index (χ2n) is 5.05. The third kappa shape index (κ3) is 4.56. The lowest BCUT2D eigenvalue weighted by molar-refractivity contribution is 0.0744. The lowest BCUT2D eigenvalue weighted by atomic mass is 10.2. The van der Waals surface area contributed by atoms with E-state index in [2.05, 4.69) is 18.8 Å². The van der Waals surface area contributed by atoms with Crippen LogP contribution in [0.25, 0.3) is 0 Å². The van der Waals surface area contributed by atoms with E-state index in [1.165, 1.54) is 18.3 Å². The van der Waals surface area contributed by atoms with Gasteiger partial charge in [0.05, 0.1) is 0 Å². The SMILES string of the molecule is CC1CN(C(=O)c2cc(OCC(F)F)ccn2)CC(C)S1. The molecule has 4 nitrogen and oxygen atoms in total. The number of rotatable bonds is 4. The quantitative estimate of drug-likeness (QED) is 0.856. The molecule has 2 rings (SSSR count). The summed E-state index contributed by atoms with van der Waals surface area (Å²) in [6.07, 6.45) is -1.14. The predicted molar refractivity (Wildman–Crippen MR) is 78.2 cm³/mol. The van der Waals surface area contributed by atoms with E-state index in [0.29, 0.717) is 23.6 Å². The van der Waals surface area contributed by atoms with Crippen LogP contribution < -0.4 is 4.74 Å². The van der Waals surface area contributed by atoms with Gasteiger partial charge in [0.15, 0.2) is 0 Å². The van der Waals surface area contributed by atoms with Gasteiger partial charge in [-0.25, -0.2) is 8.78 Å². The highest BCUT2D eigenvalue weighted by atomic mass is 32.2. The fourth-order valence-corrected chi connectivity index (χ4v) is 3.61. The molecule has 1 aromatic rings. The summed E-state index contributed by atoms with van der Waals surface area (Å²) >= 11 is 1.85. The van der Waals surface area contributed by atoms with E-state index < -0.39 is 13.0 Å². The van der Waals surface area contributed by atoms with Crippen LogP contribution in [-0.2, 0) is 0 Å². The van der Waals surface area contributed by atoms with Crippen molar-refractivity contribution in [2.75, 3.05) is 19.7 Å². The number of pyridine rings is 1. The Morgan fingerprint density at radius 3 is 2.76 bits per heavy atom. The number of hydrogen-bond acceptors (Lipinski definition) is 4. The van der Waals surface area contributed by atoms with Gasteiger partial charge >= 0.3 is 0 Å². The van der Waals surface area contributed by atoms with Gasteiger partial charge in [-0.3, -0.25) is 9.78 Å². The molecule has 0 radical (unpaired) electrons. The summed E-state index contributed by atoms with van der Waals surface area (Å²) in [5.41, 5.74) is 0.230. The molecule has 2 atom stereocenters. The van der Waals surface area contributed by atoms with E-state index in [1.807, 2.05) is 11.8 Å². The normalized spacial score (nSPS) is 22.4. The topological polar surface area (TPSA) is 42.4 Å². The second-order valence-corrected chi connectivity index (χ2v) is 6.93. The van der Waals surface area contributed by atoms with Crippen LogP contribution in [0.2, 0.25) is 0 Å². The first-order valence-corrected chi connectivity index (χ1v) is 7.71. The number of thioether (sulfide) groups is 1. The molecule has 1 aromatic heterocycles. The number of carbonyl (C=O) groups excluding carboxylic acids is 1. The Labute approximate surface area is 126 Å². The summed E-state index contributed by atoms with van der Waals surface area (Å²) in [6, 6.07) is 2.89. The summed E-state index contributed by atoms with van der Waals surface area (Å²) < 4.78 is 29.2. The number of ether oxygens (including phenoxy) is 1. The minimum Gasteiger partial charge on any atom is -0.488 e. The number of aromatic nitrogens is 1. The van der Waals surface area contributed by atoms with Crippen molar-refractivity contribution in [3.63, 3.8) is 0 Å². The van der Waals surface area contributed by atoms with Crippen molar-refractivity contribution in [1.82, 2.24) is 9.88 Å². The van der Waals surface area contributed by atoms with Gasteiger partial charge in [-0.2, -0.15) is 11.8 Å². The van der Waals surface area contributed by atoms with Crippen molar-refractivity contribution in [3.8, 4) is 5.75 Å². The third-order valence-corrected chi connectivity index (χ3v) is 4.26. The fraction of sp³-hybridized carbons (Fsp3) is 0.571. The minimum atomic E-state index is -2.54. The number of halogens is 2. The van der Waals surface area contributed by atoms with Crippen molar-refractivity contribution in [2.45, 2.75) is 30.8 Å². The van der Waals surface area contributed by atoms with E-state index in [4.69, 9.17) is 4.74 Å². The van der Waals surface area contributed by atoms with Gasteiger partial charge in [-0.15, -0.1) is 0 Å². The first-order chi connectivity index (χ1) is 9.95. The molecule has 1 aliphatic heterocycles. The van der Waals surface area contributed by atoms with E-state index >= 15 is 0 Å². The van der Waals surface area contributed by atoms with E-state index in [-0.39, 0.29) is 17.4 Å². The molecule has 0 bridgehead atoms. The summed E-state index contributed by atoms with van der Waals surface area (Å²) in [5.74, 6) is 0.0534. The van der Waals surface area contributed by atoms with Gasteiger partial charge in [0.2, 0.25) is 0 Å². The molecule has 2 heterocycles. The summed E-state index contributed by atoms with van der Waals surface area (Å²) in [4.78, 5) is 18.2. The molecule has 116 valence electrons. The van der Waals surface area contributed by atoms with Crippen LogP contribution >= 0.6 is 11.8 Å². The largest absolute Gasteiger partial charge is 0.488 e. The summed E-state index contributed by atoms with van der Waals surface area (Å²) in [6.45, 7) is 4.80. The van der Waals surface area contributed by atoms with Crippen LogP contribution in [0.5, 0.6) is 5.75 Å². The fourth-order valence-electron chi connectivity index (χ4n) is 2.28. The van der Waals surface area contributed by atoms with Crippen molar-refractivity contribution in [3.05, 3.63) is 24.0 Å². The average molecular weight is 316 g/mol. The Kier molecular flexibility index (Phi) is 5.39. The second kappa shape index (κ2) is 7.06. The zero-order valence-corrected chi connectivity index (χ0v) is 12.8. The molecule has 0 aromatic carbocycles. The van der Waals surface area contributed by atoms with E-state index in [0.717, 1.165) is 0 Å². The summed E-state index contributed by atoms with van der Waals surface area (Å²) in [7, 11) is 0. The monoisotopic (exact) mass is 316 g/mol. The average Bonchev–Trinajstić information content (AvgIpc) is 2.43. The Morgan fingerprint density at radius 2 is 2.14 bits per heavy atom. The number of alkyl halides is 2. The molecule has 1 saturated heterocycles. The van der Waals surface area contributed by atoms with Crippen LogP contribution in [0.4, 0.5) is 8.78 Å². The van der Waals surface area contributed by atoms with Crippen molar-refractivity contribution < 1.29 is 18.3 Å². The zero-order chi connectivity index (χ0) is 15.4. The number of hydrogen-bond donors (Lipinski definition) is 0. The molecule has 1 fully saturated rings. The zero-order valence-electron chi connectivity index (χ0n) is 12.0. The molecule has 0 spiro atoms.